The van der Waals surface area contributed by atoms with E-state index in [9.17, 15) is 18.0 Å². The smallest absolute Gasteiger partial charge is 0.244 e. The Balaban J connectivity index is 1.98. The van der Waals surface area contributed by atoms with E-state index in [1.54, 1.807) is 12.1 Å². The molecule has 2 N–H and O–H groups in total. The molecule has 0 saturated heterocycles. The lowest BCUT2D eigenvalue weighted by Crippen LogP contribution is -2.47. The molecule has 0 fully saturated rings. The molecule has 0 aliphatic carbocycles. The number of hydrogen-bond donors (Lipinski definition) is 2. The van der Waals surface area contributed by atoms with Crippen LogP contribution < -0.4 is 14.8 Å². The molecule has 0 aliphatic rings. The zero-order valence-electron chi connectivity index (χ0n) is 17.2. The van der Waals surface area contributed by atoms with Crippen LogP contribution >= 0.6 is 11.8 Å². The van der Waals surface area contributed by atoms with E-state index in [4.69, 9.17) is 4.74 Å². The molecule has 0 bridgehead atoms. The number of sulfonamides is 1. The number of rotatable bonds is 9. The Hall–Kier alpha value is -2.56. The Kier molecular flexibility index (Phi) is 8.27. The van der Waals surface area contributed by atoms with Crippen LogP contribution in [-0.4, -0.2) is 58.1 Å². The highest BCUT2D eigenvalue weighted by Gasteiger charge is 2.25. The van der Waals surface area contributed by atoms with Crippen LogP contribution in [0.15, 0.2) is 58.3 Å². The number of anilines is 1. The van der Waals surface area contributed by atoms with E-state index >= 15 is 0 Å². The van der Waals surface area contributed by atoms with Crippen molar-refractivity contribution in [3.8, 4) is 5.75 Å². The molecule has 0 spiro atoms. The Morgan fingerprint density at radius 1 is 1.13 bits per heavy atom. The summed E-state index contributed by atoms with van der Waals surface area (Å²) in [7, 11) is -0.980. The van der Waals surface area contributed by atoms with Crippen molar-refractivity contribution in [1.29, 1.82) is 0 Å². The highest BCUT2D eigenvalue weighted by Crippen LogP contribution is 2.24. The van der Waals surface area contributed by atoms with Gasteiger partial charge in [-0.2, -0.15) is 4.72 Å². The summed E-state index contributed by atoms with van der Waals surface area (Å²) < 4.78 is 32.3. The number of hydrogen-bond acceptors (Lipinski definition) is 6. The lowest BCUT2D eigenvalue weighted by Gasteiger charge is -2.22. The van der Waals surface area contributed by atoms with Gasteiger partial charge in [0.2, 0.25) is 21.8 Å². The van der Waals surface area contributed by atoms with Crippen molar-refractivity contribution >= 4 is 39.3 Å². The second kappa shape index (κ2) is 10.5. The molecular weight excluding hydrogens is 426 g/mol. The van der Waals surface area contributed by atoms with Crippen molar-refractivity contribution in [3.63, 3.8) is 0 Å². The first-order valence-electron chi connectivity index (χ1n) is 9.02. The molecule has 30 heavy (non-hydrogen) atoms. The largest absolute Gasteiger partial charge is 0.497 e. The fraction of sp³-hybridized carbons (Fsp3) is 0.300. The summed E-state index contributed by atoms with van der Waals surface area (Å²) in [4.78, 5) is 27.0. The van der Waals surface area contributed by atoms with Gasteiger partial charge in [0.05, 0.1) is 30.3 Å². The summed E-state index contributed by atoms with van der Waals surface area (Å²) in [5.41, 5.74) is 0.657. The van der Waals surface area contributed by atoms with Crippen LogP contribution in [0.25, 0.3) is 0 Å². The van der Waals surface area contributed by atoms with Gasteiger partial charge in [0.1, 0.15) is 5.75 Å². The molecule has 0 unspecified atom stereocenters. The molecule has 0 radical (unpaired) electrons. The van der Waals surface area contributed by atoms with Gasteiger partial charge in [-0.3, -0.25) is 9.59 Å². The first kappa shape index (κ1) is 23.7. The predicted molar refractivity (Wildman–Crippen MR) is 117 cm³/mol. The molecule has 0 aromatic heterocycles. The van der Waals surface area contributed by atoms with E-state index in [-0.39, 0.29) is 17.3 Å². The maximum absolute atomic E-state index is 12.6. The summed E-state index contributed by atoms with van der Waals surface area (Å²) in [6.45, 7) is 1.22. The van der Waals surface area contributed by atoms with E-state index in [1.807, 2.05) is 18.4 Å². The van der Waals surface area contributed by atoms with Crippen LogP contribution in [0.1, 0.15) is 6.92 Å². The van der Waals surface area contributed by atoms with Crippen LogP contribution in [0, 0.1) is 0 Å². The van der Waals surface area contributed by atoms with Gasteiger partial charge in [0.25, 0.3) is 0 Å². The van der Waals surface area contributed by atoms with Gasteiger partial charge in [0.15, 0.2) is 0 Å². The van der Waals surface area contributed by atoms with Crippen LogP contribution in [-0.2, 0) is 19.6 Å². The maximum Gasteiger partial charge on any atom is 0.244 e. The number of nitrogens with one attached hydrogen (secondary N) is 2. The van der Waals surface area contributed by atoms with Crippen molar-refractivity contribution in [3.05, 3.63) is 48.5 Å². The van der Waals surface area contributed by atoms with E-state index in [0.29, 0.717) is 11.4 Å². The zero-order chi connectivity index (χ0) is 22.3. The van der Waals surface area contributed by atoms with E-state index < -0.39 is 22.0 Å². The lowest BCUT2D eigenvalue weighted by atomic mass is 10.3. The number of amides is 2. The van der Waals surface area contributed by atoms with E-state index in [1.165, 1.54) is 62.0 Å². The number of carbonyl (C=O) groups is 2. The molecule has 1 atom stereocenters. The first-order valence-corrected chi connectivity index (χ1v) is 11.7. The molecule has 2 amide bonds. The average Bonchev–Trinajstić information content (AvgIpc) is 2.73. The van der Waals surface area contributed by atoms with Gasteiger partial charge in [0, 0.05) is 11.9 Å². The third kappa shape index (κ3) is 6.22. The van der Waals surface area contributed by atoms with E-state index in [0.717, 1.165) is 4.90 Å². The van der Waals surface area contributed by atoms with Crippen LogP contribution in [0.2, 0.25) is 0 Å². The topological polar surface area (TPSA) is 105 Å². The van der Waals surface area contributed by atoms with Crippen molar-refractivity contribution in [2.45, 2.75) is 22.8 Å². The summed E-state index contributed by atoms with van der Waals surface area (Å²) in [6.07, 6.45) is 1.90. The van der Waals surface area contributed by atoms with Gasteiger partial charge < -0.3 is 15.0 Å². The number of methoxy groups -OCH3 is 1. The second-order valence-electron chi connectivity index (χ2n) is 6.46. The Morgan fingerprint density at radius 3 is 2.37 bits per heavy atom. The third-order valence-corrected chi connectivity index (χ3v) is 6.56. The number of benzene rings is 2. The highest BCUT2D eigenvalue weighted by molar-refractivity contribution is 7.98. The molecular formula is C20H25N3O5S2. The van der Waals surface area contributed by atoms with Gasteiger partial charge in [-0.05, 0) is 49.6 Å². The molecule has 2 aromatic carbocycles. The van der Waals surface area contributed by atoms with Crippen molar-refractivity contribution in [2.24, 2.45) is 0 Å². The summed E-state index contributed by atoms with van der Waals surface area (Å²) in [5, 5.41) is 2.77. The fourth-order valence-electron chi connectivity index (χ4n) is 2.67. The summed E-state index contributed by atoms with van der Waals surface area (Å²) in [5.74, 6) is -0.384. The second-order valence-corrected chi connectivity index (χ2v) is 9.02. The Labute approximate surface area is 181 Å². The molecule has 8 nitrogen and oxygen atoms in total. The van der Waals surface area contributed by atoms with E-state index in [2.05, 4.69) is 10.0 Å². The SMILES string of the molecule is COc1ccc(S(=O)(=O)N[C@@H](C)C(=O)N(C)CC(=O)Nc2ccccc2SC)cc1. The standard InChI is InChI=1S/C20H25N3O5S2/c1-14(22-30(26,27)16-11-9-15(28-3)10-12-16)20(25)23(2)13-19(24)21-17-7-5-6-8-18(17)29-4/h5-12,14,22H,13H2,1-4H3,(H,21,24)/t14-/m0/s1. The molecule has 2 rings (SSSR count). The van der Waals surface area contributed by atoms with Crippen LogP contribution in [0.5, 0.6) is 5.75 Å². The molecule has 0 saturated carbocycles. The molecule has 0 aliphatic heterocycles. The van der Waals surface area contributed by atoms with Crippen molar-refractivity contribution < 1.29 is 22.7 Å². The van der Waals surface area contributed by atoms with Gasteiger partial charge in [-0.25, -0.2) is 8.42 Å². The number of nitrogens with zero attached hydrogens (tertiary/aromatic N) is 1. The molecule has 10 heteroatoms. The average molecular weight is 452 g/mol. The number of ether oxygens (including phenoxy) is 1. The minimum absolute atomic E-state index is 0.0111. The van der Waals surface area contributed by atoms with Gasteiger partial charge in [-0.1, -0.05) is 12.1 Å². The monoisotopic (exact) mass is 451 g/mol. The minimum atomic E-state index is -3.91. The number of para-hydroxylation sites is 1. The molecule has 2 aromatic rings. The van der Waals surface area contributed by atoms with Gasteiger partial charge >= 0.3 is 0 Å². The Bertz CT molecular complexity index is 994. The number of likely N-dealkylation sites (N-methyl/N-ethyl adjacent to an activating group) is 1. The minimum Gasteiger partial charge on any atom is -0.497 e. The third-order valence-electron chi connectivity index (χ3n) is 4.21. The first-order chi connectivity index (χ1) is 14.2. The quantitative estimate of drug-likeness (QED) is 0.566. The predicted octanol–water partition coefficient (Wildman–Crippen LogP) is 2.18. The van der Waals surface area contributed by atoms with Crippen molar-refractivity contribution in [1.82, 2.24) is 9.62 Å². The summed E-state index contributed by atoms with van der Waals surface area (Å²) >= 11 is 1.49. The van der Waals surface area contributed by atoms with Crippen LogP contribution in [0.3, 0.4) is 0 Å². The zero-order valence-corrected chi connectivity index (χ0v) is 18.8. The molecule has 162 valence electrons. The molecule has 0 heterocycles. The summed E-state index contributed by atoms with van der Waals surface area (Å²) in [6, 6.07) is 12.1. The van der Waals surface area contributed by atoms with Gasteiger partial charge in [-0.15, -0.1) is 11.8 Å². The maximum atomic E-state index is 12.6. The fourth-order valence-corrected chi connectivity index (χ4v) is 4.42. The highest BCUT2D eigenvalue weighted by atomic mass is 32.2. The van der Waals surface area contributed by atoms with Crippen LogP contribution in [0.4, 0.5) is 5.69 Å². The lowest BCUT2D eigenvalue weighted by molar-refractivity contribution is -0.134. The Morgan fingerprint density at radius 2 is 1.77 bits per heavy atom. The number of carbonyl (C=O) groups excluding carboxylic acids is 2. The number of thioether (sulfide) groups is 1. The normalized spacial score (nSPS) is 12.1. The van der Waals surface area contributed by atoms with Crippen molar-refractivity contribution in [2.75, 3.05) is 32.3 Å².